The summed E-state index contributed by atoms with van der Waals surface area (Å²) in [4.78, 5) is 12.2. The number of nitrogens with zero attached hydrogens (tertiary/aromatic N) is 2. The van der Waals surface area contributed by atoms with E-state index >= 15 is 0 Å². The van der Waals surface area contributed by atoms with E-state index in [0.717, 1.165) is 11.1 Å². The summed E-state index contributed by atoms with van der Waals surface area (Å²) in [5.74, 6) is -0.684. The molecule has 2 aromatic carbocycles. The molecule has 1 amide bonds. The number of fused-ring (bicyclic) bond motifs is 1. The molecule has 30 heavy (non-hydrogen) atoms. The number of carbonyl (C=O) groups excluding carboxylic acids is 1. The van der Waals surface area contributed by atoms with Crippen LogP contribution in [0.5, 0.6) is 0 Å². The highest BCUT2D eigenvalue weighted by Crippen LogP contribution is 2.38. The fourth-order valence-corrected chi connectivity index (χ4v) is 5.26. The number of anilines is 1. The van der Waals surface area contributed by atoms with Crippen molar-refractivity contribution in [3.8, 4) is 11.3 Å². The molecule has 2 heterocycles. The lowest BCUT2D eigenvalue weighted by atomic mass is 10.1. The molecule has 0 aliphatic carbocycles. The molecule has 9 heteroatoms. The fraction of sp³-hybridized carbons (Fsp3) is 0.190. The molecule has 0 bridgehead atoms. The molecule has 0 saturated heterocycles. The Morgan fingerprint density at radius 3 is 2.37 bits per heavy atom. The summed E-state index contributed by atoms with van der Waals surface area (Å²) >= 11 is 6.55. The summed E-state index contributed by atoms with van der Waals surface area (Å²) in [6.45, 7) is 2.50. The van der Waals surface area contributed by atoms with E-state index in [1.807, 2.05) is 54.0 Å². The Morgan fingerprint density at radius 2 is 1.73 bits per heavy atom. The molecule has 0 spiro atoms. The maximum absolute atomic E-state index is 12.9. The van der Waals surface area contributed by atoms with Gasteiger partial charge in [0.15, 0.2) is 0 Å². The second-order valence-corrected chi connectivity index (χ2v) is 9.22. The van der Waals surface area contributed by atoms with Gasteiger partial charge >= 0.3 is 10.2 Å². The molecule has 3 N–H and O–H groups in total. The Bertz CT molecular complexity index is 1210. The minimum Gasteiger partial charge on any atom is -0.365 e. The number of aromatic nitrogens is 1. The van der Waals surface area contributed by atoms with Crippen molar-refractivity contribution in [2.24, 2.45) is 5.73 Å². The number of primary amides is 1. The van der Waals surface area contributed by atoms with Gasteiger partial charge in [0.05, 0.1) is 22.8 Å². The average Bonchev–Trinajstić information content (AvgIpc) is 3.01. The Kier molecular flexibility index (Phi) is 5.31. The molecule has 0 radical (unpaired) electrons. The van der Waals surface area contributed by atoms with Crippen molar-refractivity contribution >= 4 is 33.4 Å². The van der Waals surface area contributed by atoms with E-state index in [-0.39, 0.29) is 23.7 Å². The number of carbonyl (C=O) groups is 1. The van der Waals surface area contributed by atoms with Gasteiger partial charge in [-0.15, -0.1) is 0 Å². The maximum Gasteiger partial charge on any atom is 0.302 e. The molecule has 1 aromatic heterocycles. The quantitative estimate of drug-likeness (QED) is 0.631. The van der Waals surface area contributed by atoms with Crippen molar-refractivity contribution in [2.45, 2.75) is 20.0 Å². The topological polar surface area (TPSA) is 97.4 Å². The van der Waals surface area contributed by atoms with Crippen LogP contribution in [0.15, 0.2) is 54.6 Å². The van der Waals surface area contributed by atoms with Crippen LogP contribution in [0.4, 0.5) is 5.69 Å². The fourth-order valence-electron chi connectivity index (χ4n) is 3.67. The normalized spacial score (nSPS) is 14.3. The second-order valence-electron chi connectivity index (χ2n) is 7.17. The van der Waals surface area contributed by atoms with Gasteiger partial charge in [0.25, 0.3) is 5.91 Å². The number of benzene rings is 2. The van der Waals surface area contributed by atoms with Crippen LogP contribution >= 0.6 is 11.6 Å². The Morgan fingerprint density at radius 1 is 1.07 bits per heavy atom. The van der Waals surface area contributed by atoms with E-state index in [4.69, 9.17) is 17.3 Å². The Hall–Kier alpha value is -2.81. The summed E-state index contributed by atoms with van der Waals surface area (Å²) < 4.78 is 31.7. The lowest BCUT2D eigenvalue weighted by Crippen LogP contribution is -2.42. The predicted octanol–water partition coefficient (Wildman–Crippen LogP) is 3.39. The van der Waals surface area contributed by atoms with Crippen LogP contribution in [0, 0.1) is 6.92 Å². The third-order valence-corrected chi connectivity index (χ3v) is 7.00. The van der Waals surface area contributed by atoms with Gasteiger partial charge in [-0.2, -0.15) is 12.7 Å². The van der Waals surface area contributed by atoms with Crippen LogP contribution in [-0.4, -0.2) is 29.7 Å². The minimum absolute atomic E-state index is 0.00792. The van der Waals surface area contributed by atoms with Crippen molar-refractivity contribution in [3.63, 3.8) is 0 Å². The zero-order valence-electron chi connectivity index (χ0n) is 16.3. The van der Waals surface area contributed by atoms with Gasteiger partial charge in [0, 0.05) is 24.5 Å². The number of hydrogen-bond donors (Lipinski definition) is 2. The summed E-state index contributed by atoms with van der Waals surface area (Å²) in [7, 11) is -3.83. The van der Waals surface area contributed by atoms with Gasteiger partial charge in [0.2, 0.25) is 0 Å². The van der Waals surface area contributed by atoms with E-state index in [2.05, 4.69) is 4.72 Å². The third-order valence-electron chi connectivity index (χ3n) is 5.14. The van der Waals surface area contributed by atoms with Crippen LogP contribution in [0.3, 0.4) is 0 Å². The van der Waals surface area contributed by atoms with E-state index in [1.165, 1.54) is 4.31 Å². The molecule has 0 atom stereocenters. The second kappa shape index (κ2) is 7.79. The van der Waals surface area contributed by atoms with Gasteiger partial charge < -0.3 is 10.3 Å². The molecule has 1 aliphatic rings. The molecule has 4 rings (SSSR count). The van der Waals surface area contributed by atoms with Crippen molar-refractivity contribution < 1.29 is 13.2 Å². The molecular formula is C21H21ClN4O3S. The van der Waals surface area contributed by atoms with Gasteiger partial charge in [-0.25, -0.2) is 0 Å². The first-order valence-electron chi connectivity index (χ1n) is 9.38. The zero-order chi connectivity index (χ0) is 21.5. The molecule has 0 fully saturated rings. The van der Waals surface area contributed by atoms with E-state index in [9.17, 15) is 13.2 Å². The van der Waals surface area contributed by atoms with Crippen LogP contribution in [0.2, 0.25) is 5.02 Å². The van der Waals surface area contributed by atoms with Gasteiger partial charge in [0.1, 0.15) is 0 Å². The summed E-state index contributed by atoms with van der Waals surface area (Å²) in [6, 6.07) is 16.5. The smallest absolute Gasteiger partial charge is 0.302 e. The number of aryl methyl sites for hydroxylation is 1. The number of hydrogen-bond acceptors (Lipinski definition) is 3. The maximum atomic E-state index is 12.9. The largest absolute Gasteiger partial charge is 0.365 e. The number of nitrogens with one attached hydrogen (secondary N) is 1. The van der Waals surface area contributed by atoms with Crippen molar-refractivity contribution in [1.29, 1.82) is 0 Å². The number of halogens is 1. The lowest BCUT2D eigenvalue weighted by Gasteiger charge is -2.29. The van der Waals surface area contributed by atoms with Crippen LogP contribution in [-0.2, 0) is 23.3 Å². The molecule has 3 aromatic rings. The van der Waals surface area contributed by atoms with Gasteiger partial charge in [-0.05, 0) is 24.6 Å². The molecular weight excluding hydrogens is 424 g/mol. The zero-order valence-corrected chi connectivity index (χ0v) is 17.9. The summed E-state index contributed by atoms with van der Waals surface area (Å²) in [6.07, 6.45) is 0. The first-order valence-corrected chi connectivity index (χ1v) is 11.2. The van der Waals surface area contributed by atoms with Crippen molar-refractivity contribution in [2.75, 3.05) is 11.3 Å². The summed E-state index contributed by atoms with van der Waals surface area (Å²) in [5.41, 5.74) is 9.26. The minimum atomic E-state index is -3.83. The highest BCUT2D eigenvalue weighted by molar-refractivity contribution is 7.90. The first kappa shape index (κ1) is 20.5. The van der Waals surface area contributed by atoms with E-state index < -0.39 is 16.1 Å². The van der Waals surface area contributed by atoms with Crippen LogP contribution in [0.1, 0.15) is 21.6 Å². The number of amides is 1. The van der Waals surface area contributed by atoms with Crippen LogP contribution in [0.25, 0.3) is 11.3 Å². The monoisotopic (exact) mass is 444 g/mol. The van der Waals surface area contributed by atoms with Crippen LogP contribution < -0.4 is 10.5 Å². The standard InChI is InChI=1S/C21H21ClN4O3S/c1-14-7-9-16(10-8-14)24-30(28,29)25-11-12-26-17(13-25)18(21(23)27)19(22)20(26)15-5-3-2-4-6-15/h2-10,24H,11-13H2,1H3,(H2,23,27). The SMILES string of the molecule is Cc1ccc(NS(=O)(=O)N2CCn3c(c(C(N)=O)c(Cl)c3-c3ccccc3)C2)cc1. The molecule has 0 saturated carbocycles. The lowest BCUT2D eigenvalue weighted by molar-refractivity contribution is 0.0998. The first-order chi connectivity index (χ1) is 14.3. The Balaban J connectivity index is 1.71. The Labute approximate surface area is 180 Å². The summed E-state index contributed by atoms with van der Waals surface area (Å²) in [5, 5.41) is 0.245. The van der Waals surface area contributed by atoms with Crippen molar-refractivity contribution in [1.82, 2.24) is 8.87 Å². The predicted molar refractivity (Wildman–Crippen MR) is 118 cm³/mol. The van der Waals surface area contributed by atoms with Crippen molar-refractivity contribution in [3.05, 3.63) is 76.4 Å². The van der Waals surface area contributed by atoms with E-state index in [0.29, 0.717) is 23.6 Å². The van der Waals surface area contributed by atoms with Gasteiger partial charge in [-0.3, -0.25) is 9.52 Å². The van der Waals surface area contributed by atoms with Gasteiger partial charge in [-0.1, -0.05) is 59.6 Å². The highest BCUT2D eigenvalue weighted by Gasteiger charge is 2.34. The molecule has 0 unspecified atom stereocenters. The molecule has 1 aliphatic heterocycles. The number of rotatable bonds is 5. The average molecular weight is 445 g/mol. The highest BCUT2D eigenvalue weighted by atomic mass is 35.5. The van der Waals surface area contributed by atoms with E-state index in [1.54, 1.807) is 12.1 Å². The third kappa shape index (κ3) is 3.69. The number of nitrogens with two attached hydrogens (primary N) is 1. The molecule has 7 nitrogen and oxygen atoms in total. The molecule has 156 valence electrons.